The van der Waals surface area contributed by atoms with Gasteiger partial charge in [0.05, 0.1) is 31.3 Å². The summed E-state index contributed by atoms with van der Waals surface area (Å²) in [7, 11) is 0. The molecule has 0 spiro atoms. The number of nitrogens with one attached hydrogen (secondary N) is 1. The highest BCUT2D eigenvalue weighted by molar-refractivity contribution is 5.90. The first-order valence-electron chi connectivity index (χ1n) is 3.71. The second-order valence-electron chi connectivity index (χ2n) is 2.51. The van der Waals surface area contributed by atoms with Crippen LogP contribution in [0.1, 0.15) is 0 Å². The summed E-state index contributed by atoms with van der Waals surface area (Å²) in [4.78, 5) is 7.33. The van der Waals surface area contributed by atoms with Crippen molar-refractivity contribution in [3.63, 3.8) is 0 Å². The zero-order valence-electron chi connectivity index (χ0n) is 6.70. The van der Waals surface area contributed by atoms with E-state index >= 15 is 0 Å². The van der Waals surface area contributed by atoms with Crippen LogP contribution in [0.5, 0.6) is 0 Å². The lowest BCUT2D eigenvalue weighted by atomic mass is 10.3. The lowest BCUT2D eigenvalue weighted by molar-refractivity contribution is 0.159. The number of hydrogen-bond acceptors (Lipinski definition) is 5. The van der Waals surface area contributed by atoms with Crippen molar-refractivity contribution in [2.45, 2.75) is 0 Å². The first kappa shape index (κ1) is 8.06. The summed E-state index contributed by atoms with van der Waals surface area (Å²) in [5.74, 6) is -0.189. The molecule has 6 heteroatoms. The van der Waals surface area contributed by atoms with E-state index in [1.807, 2.05) is 0 Å². The summed E-state index contributed by atoms with van der Waals surface area (Å²) in [5.41, 5.74) is 3.49. The molecule has 0 aliphatic carbocycles. The molecule has 0 bridgehead atoms. The monoisotopic (exact) mass is 182 g/mol. The highest BCUT2D eigenvalue weighted by Gasteiger charge is 2.10. The molecule has 13 heavy (non-hydrogen) atoms. The maximum atomic E-state index is 12.4. The van der Waals surface area contributed by atoms with E-state index < -0.39 is 5.82 Å². The third-order valence-electron chi connectivity index (χ3n) is 1.47. The van der Waals surface area contributed by atoms with Gasteiger partial charge in [0.25, 0.3) is 0 Å². The van der Waals surface area contributed by atoms with Crippen molar-refractivity contribution in [2.24, 2.45) is 5.10 Å². The molecule has 1 saturated heterocycles. The average molecular weight is 182 g/mol. The second kappa shape index (κ2) is 3.44. The Labute approximate surface area is 73.7 Å². The van der Waals surface area contributed by atoms with E-state index in [0.717, 1.165) is 18.1 Å². The summed E-state index contributed by atoms with van der Waals surface area (Å²) in [6.45, 7) is 1.07. The molecule has 1 aromatic heterocycles. The fourth-order valence-corrected chi connectivity index (χ4v) is 0.757. The smallest absolute Gasteiger partial charge is 0.243 e. The van der Waals surface area contributed by atoms with Crippen LogP contribution in [0.4, 0.5) is 10.3 Å². The molecule has 0 radical (unpaired) electrons. The molecule has 1 aliphatic heterocycles. The molecule has 5 nitrogen and oxygen atoms in total. The zero-order chi connectivity index (χ0) is 9.10. The fraction of sp³-hybridized carbons (Fsp3) is 0.286. The van der Waals surface area contributed by atoms with Crippen molar-refractivity contribution >= 4 is 11.7 Å². The quantitative estimate of drug-likeness (QED) is 0.673. The van der Waals surface area contributed by atoms with Crippen LogP contribution < -0.4 is 5.43 Å². The molecule has 0 unspecified atom stereocenters. The second-order valence-corrected chi connectivity index (χ2v) is 2.51. The number of halogens is 1. The van der Waals surface area contributed by atoms with Gasteiger partial charge in [-0.2, -0.15) is 5.10 Å². The molecule has 1 aliphatic rings. The van der Waals surface area contributed by atoms with Gasteiger partial charge >= 0.3 is 0 Å². The number of nitrogens with zero attached hydrogens (tertiary/aromatic N) is 3. The Morgan fingerprint density at radius 3 is 2.62 bits per heavy atom. The third-order valence-corrected chi connectivity index (χ3v) is 1.47. The van der Waals surface area contributed by atoms with Crippen molar-refractivity contribution in [3.8, 4) is 0 Å². The minimum Gasteiger partial charge on any atom is -0.369 e. The van der Waals surface area contributed by atoms with Gasteiger partial charge in [-0.25, -0.2) is 19.8 Å². The number of ether oxygens (including phenoxy) is 1. The summed E-state index contributed by atoms with van der Waals surface area (Å²) < 4.78 is 17.2. The first-order chi connectivity index (χ1) is 6.34. The molecule has 1 aromatic rings. The predicted octanol–water partition coefficient (Wildman–Crippen LogP) is 0.414. The van der Waals surface area contributed by atoms with Gasteiger partial charge in [-0.1, -0.05) is 0 Å². The van der Waals surface area contributed by atoms with Crippen LogP contribution in [0.2, 0.25) is 0 Å². The molecule has 2 rings (SSSR count). The Kier molecular flexibility index (Phi) is 2.13. The maximum absolute atomic E-state index is 12.4. The van der Waals surface area contributed by atoms with E-state index in [1.165, 1.54) is 0 Å². The molecular weight excluding hydrogens is 175 g/mol. The maximum Gasteiger partial charge on any atom is 0.243 e. The van der Waals surface area contributed by atoms with Crippen LogP contribution >= 0.6 is 0 Å². The molecule has 2 heterocycles. The molecule has 0 saturated carbocycles. The standard InChI is InChI=1S/C7H7FN4O/c8-5-1-9-7(10-2-5)12-11-6-3-13-4-6/h1-2H,3-4H2,(H,9,10,12). The minimum atomic E-state index is -0.467. The van der Waals surface area contributed by atoms with Crippen molar-refractivity contribution in [1.29, 1.82) is 0 Å². The van der Waals surface area contributed by atoms with Crippen molar-refractivity contribution in [1.82, 2.24) is 9.97 Å². The molecular formula is C7H7FN4O. The average Bonchev–Trinajstić information content (AvgIpc) is 2.05. The van der Waals surface area contributed by atoms with E-state index in [9.17, 15) is 4.39 Å². The zero-order valence-corrected chi connectivity index (χ0v) is 6.70. The molecule has 0 aromatic carbocycles. The van der Waals surface area contributed by atoms with Gasteiger partial charge in [-0.3, -0.25) is 0 Å². The summed E-state index contributed by atoms with van der Waals surface area (Å²) >= 11 is 0. The molecule has 0 atom stereocenters. The molecule has 1 fully saturated rings. The van der Waals surface area contributed by atoms with Crippen molar-refractivity contribution < 1.29 is 9.13 Å². The lowest BCUT2D eigenvalue weighted by Crippen LogP contribution is -2.28. The van der Waals surface area contributed by atoms with Crippen LogP contribution in [0.3, 0.4) is 0 Å². The van der Waals surface area contributed by atoms with Gasteiger partial charge in [-0.05, 0) is 0 Å². The Bertz CT molecular complexity index is 318. The molecule has 68 valence electrons. The molecule has 0 amide bonds. The Balaban J connectivity index is 1.97. The fourth-order valence-electron chi connectivity index (χ4n) is 0.757. The van der Waals surface area contributed by atoms with E-state index in [1.54, 1.807) is 0 Å². The minimum absolute atomic E-state index is 0.279. The third kappa shape index (κ3) is 1.97. The normalized spacial score (nSPS) is 15.0. The van der Waals surface area contributed by atoms with E-state index in [0.29, 0.717) is 13.2 Å². The van der Waals surface area contributed by atoms with Crippen molar-refractivity contribution in [3.05, 3.63) is 18.2 Å². The number of aromatic nitrogens is 2. The summed E-state index contributed by atoms with van der Waals surface area (Å²) in [6, 6.07) is 0. The van der Waals surface area contributed by atoms with E-state index in [4.69, 9.17) is 4.74 Å². The van der Waals surface area contributed by atoms with Crippen LogP contribution in [0.25, 0.3) is 0 Å². The Morgan fingerprint density at radius 1 is 1.38 bits per heavy atom. The molecule has 1 N–H and O–H groups in total. The van der Waals surface area contributed by atoms with Crippen LogP contribution in [0.15, 0.2) is 17.5 Å². The highest BCUT2D eigenvalue weighted by Crippen LogP contribution is 2.00. The number of anilines is 1. The predicted molar refractivity (Wildman–Crippen MR) is 43.9 cm³/mol. The van der Waals surface area contributed by atoms with Crippen LogP contribution in [-0.2, 0) is 4.74 Å². The van der Waals surface area contributed by atoms with Gasteiger partial charge in [-0.15, -0.1) is 0 Å². The number of hydrazone groups is 1. The van der Waals surface area contributed by atoms with E-state index in [-0.39, 0.29) is 5.95 Å². The topological polar surface area (TPSA) is 59.4 Å². The van der Waals surface area contributed by atoms with Crippen molar-refractivity contribution in [2.75, 3.05) is 18.6 Å². The highest BCUT2D eigenvalue weighted by atomic mass is 19.1. The van der Waals surface area contributed by atoms with Gasteiger partial charge in [0, 0.05) is 0 Å². The summed E-state index contributed by atoms with van der Waals surface area (Å²) in [6.07, 6.45) is 2.15. The number of hydrogen-bond donors (Lipinski definition) is 1. The van der Waals surface area contributed by atoms with Gasteiger partial charge in [0.2, 0.25) is 5.95 Å². The Morgan fingerprint density at radius 2 is 2.08 bits per heavy atom. The number of rotatable bonds is 2. The van der Waals surface area contributed by atoms with Crippen LogP contribution in [-0.4, -0.2) is 28.9 Å². The van der Waals surface area contributed by atoms with Gasteiger partial charge in [0.1, 0.15) is 0 Å². The van der Waals surface area contributed by atoms with E-state index in [2.05, 4.69) is 20.5 Å². The van der Waals surface area contributed by atoms with Gasteiger partial charge in [0.15, 0.2) is 5.82 Å². The summed E-state index contributed by atoms with van der Waals surface area (Å²) in [5, 5.41) is 3.92. The van der Waals surface area contributed by atoms with Gasteiger partial charge < -0.3 is 4.74 Å². The van der Waals surface area contributed by atoms with Crippen LogP contribution in [0, 0.1) is 5.82 Å². The Hall–Kier alpha value is -1.56. The lowest BCUT2D eigenvalue weighted by Gasteiger charge is -2.14. The largest absolute Gasteiger partial charge is 0.369 e. The SMILES string of the molecule is Fc1cnc(NN=C2COC2)nc1. The first-order valence-corrected chi connectivity index (χ1v) is 3.71.